The van der Waals surface area contributed by atoms with E-state index in [0.717, 1.165) is 17.5 Å². The fraction of sp³-hybridized carbons (Fsp3) is 0.308. The highest BCUT2D eigenvalue weighted by molar-refractivity contribution is 5.99. The lowest BCUT2D eigenvalue weighted by molar-refractivity contribution is -0.0410. The smallest absolute Gasteiger partial charge is 0.173 e. The maximum atomic E-state index is 15.5. The topological polar surface area (TPSA) is 152 Å². The highest BCUT2D eigenvalue weighted by Gasteiger charge is 2.46. The summed E-state index contributed by atoms with van der Waals surface area (Å²) in [6, 6.07) is 9.03. The molecule has 6 rings (SSSR count). The van der Waals surface area contributed by atoms with Gasteiger partial charge >= 0.3 is 0 Å². The van der Waals surface area contributed by atoms with Crippen LogP contribution in [0.1, 0.15) is 18.8 Å². The molecule has 0 unspecified atom stereocenters. The Kier molecular flexibility index (Phi) is 5.84. The second-order valence-corrected chi connectivity index (χ2v) is 9.33. The van der Waals surface area contributed by atoms with E-state index in [0.29, 0.717) is 39.2 Å². The zero-order valence-corrected chi connectivity index (χ0v) is 20.8. The number of fused-ring (bicyclic) bond motifs is 2. The SMILES string of the molecule is CCc1cc(N)c2ccc(OC[C@H]3O[C@@H](n4cc(-c5ccn(C)n5)c5c(N)ncnc54)[C@@H](F)[C@@H]3O)cc2n1. The third kappa shape index (κ3) is 3.98. The van der Waals surface area contributed by atoms with Crippen molar-refractivity contribution in [3.63, 3.8) is 0 Å². The van der Waals surface area contributed by atoms with E-state index in [2.05, 4.69) is 20.1 Å². The molecule has 0 saturated carbocycles. The van der Waals surface area contributed by atoms with Crippen LogP contribution in [0, 0.1) is 0 Å². The summed E-state index contributed by atoms with van der Waals surface area (Å²) in [5, 5.41) is 16.5. The van der Waals surface area contributed by atoms with Crippen molar-refractivity contribution in [1.82, 2.24) is 29.3 Å². The van der Waals surface area contributed by atoms with Crippen molar-refractivity contribution in [1.29, 1.82) is 0 Å². The highest BCUT2D eigenvalue weighted by atomic mass is 19.1. The number of hydrogen-bond donors (Lipinski definition) is 3. The number of aliphatic hydroxyl groups excluding tert-OH is 1. The normalized spacial score (nSPS) is 21.5. The number of aromatic nitrogens is 6. The molecule has 4 atom stereocenters. The van der Waals surface area contributed by atoms with Crippen LogP contribution in [0.15, 0.2) is 49.1 Å². The van der Waals surface area contributed by atoms with Crippen molar-refractivity contribution < 1.29 is 19.0 Å². The Morgan fingerprint density at radius 3 is 2.79 bits per heavy atom. The van der Waals surface area contributed by atoms with Crippen molar-refractivity contribution in [3.8, 4) is 17.0 Å². The lowest BCUT2D eigenvalue weighted by Gasteiger charge is -2.17. The quantitative estimate of drug-likeness (QED) is 0.308. The Labute approximate surface area is 216 Å². The lowest BCUT2D eigenvalue weighted by Crippen LogP contribution is -2.32. The first-order chi connectivity index (χ1) is 18.3. The number of anilines is 2. The van der Waals surface area contributed by atoms with E-state index in [1.807, 2.05) is 25.1 Å². The molecule has 0 aliphatic carbocycles. The summed E-state index contributed by atoms with van der Waals surface area (Å²) >= 11 is 0. The number of nitrogens with zero attached hydrogens (tertiary/aromatic N) is 6. The predicted octanol–water partition coefficient (Wildman–Crippen LogP) is 2.78. The summed E-state index contributed by atoms with van der Waals surface area (Å²) in [6.07, 6.45) is 0.279. The highest BCUT2D eigenvalue weighted by Crippen LogP contribution is 2.39. The molecule has 1 aromatic carbocycles. The summed E-state index contributed by atoms with van der Waals surface area (Å²) in [4.78, 5) is 13.0. The molecule has 11 nitrogen and oxygen atoms in total. The van der Waals surface area contributed by atoms with Crippen LogP contribution in [0.25, 0.3) is 33.2 Å². The van der Waals surface area contributed by atoms with Gasteiger partial charge in [0, 0.05) is 47.8 Å². The van der Waals surface area contributed by atoms with E-state index in [9.17, 15) is 5.11 Å². The summed E-state index contributed by atoms with van der Waals surface area (Å²) in [5.41, 5.74) is 16.2. The molecule has 12 heteroatoms. The number of alkyl halides is 1. The van der Waals surface area contributed by atoms with Crippen LogP contribution in [-0.2, 0) is 18.2 Å². The van der Waals surface area contributed by atoms with Gasteiger partial charge in [-0.1, -0.05) is 6.92 Å². The monoisotopic (exact) mass is 518 g/mol. The van der Waals surface area contributed by atoms with Gasteiger partial charge in [0.15, 0.2) is 12.4 Å². The Morgan fingerprint density at radius 2 is 2.03 bits per heavy atom. The fourth-order valence-corrected chi connectivity index (χ4v) is 4.86. The number of nitrogens with two attached hydrogens (primary N) is 2. The van der Waals surface area contributed by atoms with Gasteiger partial charge < -0.3 is 30.6 Å². The minimum Gasteiger partial charge on any atom is -0.491 e. The molecule has 0 amide bonds. The van der Waals surface area contributed by atoms with Crippen LogP contribution in [0.4, 0.5) is 15.9 Å². The number of aliphatic hydroxyl groups is 1. The molecule has 0 bridgehead atoms. The fourth-order valence-electron chi connectivity index (χ4n) is 4.86. The zero-order chi connectivity index (χ0) is 26.6. The predicted molar refractivity (Wildman–Crippen MR) is 140 cm³/mol. The van der Waals surface area contributed by atoms with Crippen LogP contribution < -0.4 is 16.2 Å². The molecule has 38 heavy (non-hydrogen) atoms. The van der Waals surface area contributed by atoms with Crippen LogP contribution >= 0.6 is 0 Å². The van der Waals surface area contributed by atoms with Crippen molar-refractivity contribution in [3.05, 3.63) is 54.7 Å². The van der Waals surface area contributed by atoms with Gasteiger partial charge in [-0.2, -0.15) is 5.10 Å². The van der Waals surface area contributed by atoms with Gasteiger partial charge in [-0.15, -0.1) is 0 Å². The van der Waals surface area contributed by atoms with Gasteiger partial charge in [0.05, 0.1) is 16.6 Å². The largest absolute Gasteiger partial charge is 0.491 e. The number of aryl methyl sites for hydroxylation is 2. The van der Waals surface area contributed by atoms with E-state index < -0.39 is 24.6 Å². The summed E-state index contributed by atoms with van der Waals surface area (Å²) < 4.78 is 30.5. The molecule has 1 aliphatic heterocycles. The minimum absolute atomic E-state index is 0.0734. The van der Waals surface area contributed by atoms with Crippen LogP contribution in [0.3, 0.4) is 0 Å². The van der Waals surface area contributed by atoms with Crippen molar-refractivity contribution in [2.45, 2.75) is 38.0 Å². The lowest BCUT2D eigenvalue weighted by atomic mass is 10.1. The van der Waals surface area contributed by atoms with E-state index >= 15 is 4.39 Å². The molecular weight excluding hydrogens is 491 g/mol. The maximum Gasteiger partial charge on any atom is 0.173 e. The zero-order valence-electron chi connectivity index (χ0n) is 20.8. The van der Waals surface area contributed by atoms with Gasteiger partial charge in [-0.25, -0.2) is 14.4 Å². The third-order valence-electron chi connectivity index (χ3n) is 6.84. The number of pyridine rings is 1. The first kappa shape index (κ1) is 24.1. The van der Waals surface area contributed by atoms with Gasteiger partial charge in [0.1, 0.15) is 42.4 Å². The summed E-state index contributed by atoms with van der Waals surface area (Å²) in [5.74, 6) is 0.747. The molecule has 0 spiro atoms. The molecule has 0 radical (unpaired) electrons. The second kappa shape index (κ2) is 9.23. The first-order valence-electron chi connectivity index (χ1n) is 12.2. The number of ether oxygens (including phenoxy) is 2. The van der Waals surface area contributed by atoms with Crippen molar-refractivity contribution in [2.24, 2.45) is 7.05 Å². The number of benzene rings is 1. The van der Waals surface area contributed by atoms with Crippen LogP contribution in [-0.4, -0.2) is 59.4 Å². The van der Waals surface area contributed by atoms with Crippen molar-refractivity contribution in [2.75, 3.05) is 18.1 Å². The molecule has 4 aromatic heterocycles. The average molecular weight is 519 g/mol. The second-order valence-electron chi connectivity index (χ2n) is 9.33. The number of hydrogen-bond acceptors (Lipinski definition) is 9. The third-order valence-corrected chi connectivity index (χ3v) is 6.84. The summed E-state index contributed by atoms with van der Waals surface area (Å²) in [7, 11) is 1.80. The Hall–Kier alpha value is -4.29. The maximum absolute atomic E-state index is 15.5. The average Bonchev–Trinajstić information content (AvgIpc) is 3.59. The Bertz CT molecular complexity index is 1650. The standard InChI is InChI=1S/C26H27FN8O3/c1-3-13-8-17(28)15-5-4-14(9-19(15)32-13)37-11-20-23(36)22(27)26(38-20)35-10-16(18-6-7-34(2)33-18)21-24(29)30-12-31-25(21)35/h4-10,12,20,22-23,26,36H,3,11H2,1-2H3,(H2,28,32)(H2,29,30,31)/t20-,22+,23-,26-/m1/s1. The van der Waals surface area contributed by atoms with Gasteiger partial charge in [0.2, 0.25) is 0 Å². The Morgan fingerprint density at radius 1 is 1.18 bits per heavy atom. The number of halogens is 1. The molecule has 1 fully saturated rings. The van der Waals surface area contributed by atoms with E-state index in [-0.39, 0.29) is 12.4 Å². The van der Waals surface area contributed by atoms with Crippen LogP contribution in [0.5, 0.6) is 5.75 Å². The van der Waals surface area contributed by atoms with Crippen LogP contribution in [0.2, 0.25) is 0 Å². The Balaban J connectivity index is 1.27. The van der Waals surface area contributed by atoms with E-state index in [4.69, 9.17) is 20.9 Å². The van der Waals surface area contributed by atoms with Crippen molar-refractivity contribution >= 4 is 33.4 Å². The number of nitrogen functional groups attached to an aromatic ring is 2. The molecular formula is C26H27FN8O3. The molecule has 5 N–H and O–H groups in total. The van der Waals surface area contributed by atoms with E-state index in [1.165, 1.54) is 10.9 Å². The van der Waals surface area contributed by atoms with Gasteiger partial charge in [0.25, 0.3) is 0 Å². The minimum atomic E-state index is -1.74. The summed E-state index contributed by atoms with van der Waals surface area (Å²) in [6.45, 7) is 1.93. The molecule has 1 aliphatic rings. The molecule has 5 heterocycles. The van der Waals surface area contributed by atoms with Gasteiger partial charge in [-0.3, -0.25) is 9.67 Å². The molecule has 1 saturated heterocycles. The first-order valence-corrected chi connectivity index (χ1v) is 12.2. The van der Waals surface area contributed by atoms with Gasteiger partial charge in [-0.05, 0) is 30.7 Å². The molecule has 196 valence electrons. The van der Waals surface area contributed by atoms with E-state index in [1.54, 1.807) is 36.3 Å². The number of rotatable bonds is 6. The molecule has 5 aromatic rings.